The van der Waals surface area contributed by atoms with Crippen LogP contribution in [0.2, 0.25) is 0 Å². The Bertz CT molecular complexity index is 3020. The van der Waals surface area contributed by atoms with Crippen LogP contribution in [-0.4, -0.2) is 14.5 Å². The maximum atomic E-state index is 6.50. The number of hydrogen-bond acceptors (Lipinski definition) is 3. The van der Waals surface area contributed by atoms with Crippen LogP contribution in [-0.2, 0) is 17.3 Å². The van der Waals surface area contributed by atoms with E-state index >= 15 is 0 Å². The number of allylic oxidation sites excluding steroid dienone is 5. The fourth-order valence-electron chi connectivity index (χ4n) is 9.72. The maximum Gasteiger partial charge on any atom is 0.180 e. The van der Waals surface area contributed by atoms with Crippen molar-refractivity contribution in [2.45, 2.75) is 77.0 Å². The molecule has 11 rings (SSSR count). The van der Waals surface area contributed by atoms with Crippen molar-refractivity contribution in [3.05, 3.63) is 150 Å². The van der Waals surface area contributed by atoms with Gasteiger partial charge >= 0.3 is 0 Å². The molecule has 0 N–H and O–H groups in total. The molecule has 8 aromatic rings. The van der Waals surface area contributed by atoms with Gasteiger partial charge in [0.15, 0.2) is 11.4 Å². The molecule has 4 nitrogen and oxygen atoms in total. The van der Waals surface area contributed by atoms with Gasteiger partial charge in [0.1, 0.15) is 16.8 Å². The molecule has 56 heavy (non-hydrogen) atoms. The number of nitrogens with zero attached hydrogens (tertiary/aromatic N) is 3. The Kier molecular flexibility index (Phi) is 7.29. The highest BCUT2D eigenvalue weighted by molar-refractivity contribution is 6.07. The van der Waals surface area contributed by atoms with Crippen LogP contribution in [0.1, 0.15) is 88.0 Å². The molecule has 3 heterocycles. The first-order valence-corrected chi connectivity index (χ1v) is 20.3. The zero-order valence-corrected chi connectivity index (χ0v) is 32.6. The van der Waals surface area contributed by atoms with Crippen molar-refractivity contribution in [1.29, 1.82) is 0 Å². The number of aryl methyl sites for hydroxylation is 1. The zero-order valence-electron chi connectivity index (χ0n) is 32.6. The molecule has 0 unspecified atom stereocenters. The Morgan fingerprint density at radius 3 is 2.18 bits per heavy atom. The van der Waals surface area contributed by atoms with Gasteiger partial charge in [0, 0.05) is 27.7 Å². The van der Waals surface area contributed by atoms with E-state index in [-0.39, 0.29) is 10.8 Å². The Morgan fingerprint density at radius 2 is 1.38 bits per heavy atom. The van der Waals surface area contributed by atoms with Gasteiger partial charge in [-0.2, -0.15) is 0 Å². The molecule has 0 radical (unpaired) electrons. The summed E-state index contributed by atoms with van der Waals surface area (Å²) in [6, 6.07) is 37.2. The Hall–Kier alpha value is -6.00. The molecule has 3 aliphatic rings. The smallest absolute Gasteiger partial charge is 0.180 e. The molecule has 5 aromatic carbocycles. The highest BCUT2D eigenvalue weighted by Gasteiger charge is 2.38. The van der Waals surface area contributed by atoms with Crippen molar-refractivity contribution in [3.8, 4) is 22.4 Å². The van der Waals surface area contributed by atoms with Gasteiger partial charge in [0.2, 0.25) is 0 Å². The number of rotatable bonds is 4. The molecular weight excluding hydrogens is 683 g/mol. The number of fused-ring (bicyclic) bond motifs is 8. The minimum absolute atomic E-state index is 0.153. The Balaban J connectivity index is 1.02. The quantitative estimate of drug-likeness (QED) is 0.181. The summed E-state index contributed by atoms with van der Waals surface area (Å²) >= 11 is 0. The molecule has 0 aliphatic heterocycles. The molecule has 0 atom stereocenters. The zero-order chi connectivity index (χ0) is 37.8. The first-order valence-electron chi connectivity index (χ1n) is 20.3. The highest BCUT2D eigenvalue weighted by Crippen LogP contribution is 2.49. The topological polar surface area (TPSA) is 43.9 Å². The number of para-hydroxylation sites is 1. The summed E-state index contributed by atoms with van der Waals surface area (Å²) in [5, 5.41) is 4.93. The van der Waals surface area contributed by atoms with E-state index in [2.05, 4.69) is 148 Å². The van der Waals surface area contributed by atoms with Crippen molar-refractivity contribution >= 4 is 61.1 Å². The van der Waals surface area contributed by atoms with E-state index in [4.69, 9.17) is 14.4 Å². The lowest BCUT2D eigenvalue weighted by Crippen LogP contribution is -2.33. The summed E-state index contributed by atoms with van der Waals surface area (Å²) in [7, 11) is 0. The van der Waals surface area contributed by atoms with Gasteiger partial charge in [0.25, 0.3) is 0 Å². The predicted octanol–water partition coefficient (Wildman–Crippen LogP) is 13.8. The Labute approximate surface area is 327 Å². The van der Waals surface area contributed by atoms with Gasteiger partial charge in [-0.15, -0.1) is 0 Å². The summed E-state index contributed by atoms with van der Waals surface area (Å²) in [5.74, 6) is 0.769. The van der Waals surface area contributed by atoms with Gasteiger partial charge in [-0.1, -0.05) is 113 Å². The second-order valence-electron chi connectivity index (χ2n) is 17.5. The summed E-state index contributed by atoms with van der Waals surface area (Å²) in [5.41, 5.74) is 16.7. The van der Waals surface area contributed by atoms with Crippen molar-refractivity contribution in [2.75, 3.05) is 0 Å². The van der Waals surface area contributed by atoms with E-state index < -0.39 is 0 Å². The molecule has 0 spiro atoms. The summed E-state index contributed by atoms with van der Waals surface area (Å²) in [6.45, 7) is 9.74. The molecule has 3 aliphatic carbocycles. The van der Waals surface area contributed by atoms with E-state index in [1.165, 1.54) is 73.7 Å². The molecule has 0 fully saturated rings. The highest BCUT2D eigenvalue weighted by atomic mass is 16.3. The molecule has 0 amide bonds. The second-order valence-corrected chi connectivity index (χ2v) is 17.5. The van der Waals surface area contributed by atoms with Crippen LogP contribution in [0, 0.1) is 0 Å². The van der Waals surface area contributed by atoms with Crippen LogP contribution in [0.25, 0.3) is 83.5 Å². The molecule has 0 saturated heterocycles. The van der Waals surface area contributed by atoms with Crippen LogP contribution >= 0.6 is 0 Å². The van der Waals surface area contributed by atoms with E-state index in [0.29, 0.717) is 0 Å². The van der Waals surface area contributed by atoms with Crippen molar-refractivity contribution in [2.24, 2.45) is 0 Å². The fourth-order valence-corrected chi connectivity index (χ4v) is 9.72. The maximum absolute atomic E-state index is 6.50. The van der Waals surface area contributed by atoms with Gasteiger partial charge in [-0.3, -0.25) is 0 Å². The third-order valence-electron chi connectivity index (χ3n) is 13.1. The monoisotopic (exact) mass is 727 g/mol. The van der Waals surface area contributed by atoms with Crippen LogP contribution in [0.3, 0.4) is 0 Å². The number of aromatic nitrogens is 3. The van der Waals surface area contributed by atoms with Gasteiger partial charge < -0.3 is 8.98 Å². The summed E-state index contributed by atoms with van der Waals surface area (Å²) in [4.78, 5) is 10.5. The van der Waals surface area contributed by atoms with E-state index in [9.17, 15) is 0 Å². The van der Waals surface area contributed by atoms with Crippen LogP contribution in [0.4, 0.5) is 0 Å². The number of benzene rings is 5. The third-order valence-corrected chi connectivity index (χ3v) is 13.1. The molecule has 3 aromatic heterocycles. The molecule has 0 bridgehead atoms. The molecule has 0 saturated carbocycles. The van der Waals surface area contributed by atoms with Crippen LogP contribution in [0.15, 0.2) is 126 Å². The minimum atomic E-state index is 0.153. The lowest BCUT2D eigenvalue weighted by atomic mass is 9.63. The van der Waals surface area contributed by atoms with Gasteiger partial charge in [-0.25, -0.2) is 9.97 Å². The number of furan rings is 1. The van der Waals surface area contributed by atoms with E-state index in [0.717, 1.165) is 70.4 Å². The average molecular weight is 728 g/mol. The standard InChI is InChI=1S/C52H45N3O/c1-51(2)27-28-52(3,4)43-31-45-41(30-42(43)51)39-13-7-9-15-44(39)55(45)38-25-23-35(24-26-38)50-53-47(49-48(54-50)40-14-8-10-16-46(40)56-49)34-20-17-33(18-21-34)37-22-19-32-11-5-6-12-36(32)29-37/h5-6,8-12,14-23,25,29-31H,7,13,24,26-28H2,1-4H3. The van der Waals surface area contributed by atoms with Gasteiger partial charge in [-0.05, 0) is 136 Å². The molecule has 4 heteroatoms. The fraction of sp³-hybridized carbons (Fsp3) is 0.231. The van der Waals surface area contributed by atoms with Gasteiger partial charge in [0.05, 0.1) is 5.52 Å². The average Bonchev–Trinajstić information content (AvgIpc) is 3.77. The van der Waals surface area contributed by atoms with E-state index in [1.807, 2.05) is 12.1 Å². The van der Waals surface area contributed by atoms with Crippen molar-refractivity contribution < 1.29 is 4.42 Å². The lowest BCUT2D eigenvalue weighted by molar-refractivity contribution is 0.332. The second kappa shape index (κ2) is 12.2. The molecule has 274 valence electrons. The first-order chi connectivity index (χ1) is 27.2. The summed E-state index contributed by atoms with van der Waals surface area (Å²) in [6.07, 6.45) is 15.7. The first kappa shape index (κ1) is 33.3. The minimum Gasteiger partial charge on any atom is -0.452 e. The van der Waals surface area contributed by atoms with Crippen LogP contribution < -0.4 is 0 Å². The van der Waals surface area contributed by atoms with Crippen LogP contribution in [0.5, 0.6) is 0 Å². The van der Waals surface area contributed by atoms with Crippen molar-refractivity contribution in [1.82, 2.24) is 14.5 Å². The van der Waals surface area contributed by atoms with Crippen molar-refractivity contribution in [3.63, 3.8) is 0 Å². The number of hydrogen-bond donors (Lipinski definition) is 0. The Morgan fingerprint density at radius 1 is 0.643 bits per heavy atom. The van der Waals surface area contributed by atoms with E-state index in [1.54, 1.807) is 0 Å². The third kappa shape index (κ3) is 5.19. The SMILES string of the molecule is CC1(C)CCC(C)(C)c2cc3c(cc21)c1c(n3C2=CC=C(c3nc(-c4ccc(-c5ccc6ccccc6c5)cc4)c4oc5ccccc5c4n3)CC2)C=CCC1. The summed E-state index contributed by atoms with van der Waals surface area (Å²) < 4.78 is 9.08. The lowest BCUT2D eigenvalue weighted by Gasteiger charge is -2.42. The predicted molar refractivity (Wildman–Crippen MR) is 234 cm³/mol. The normalized spacial score (nSPS) is 17.3. The largest absolute Gasteiger partial charge is 0.452 e. The molecular formula is C52H45N3O.